The second kappa shape index (κ2) is 6.68. The zero-order valence-corrected chi connectivity index (χ0v) is 17.6. The van der Waals surface area contributed by atoms with Crippen molar-refractivity contribution >= 4 is 92.4 Å². The summed E-state index contributed by atoms with van der Waals surface area (Å²) in [6.45, 7) is 0. The monoisotopic (exact) mass is 547 g/mol. The van der Waals surface area contributed by atoms with Gasteiger partial charge in [0.1, 0.15) is 5.52 Å². The Morgan fingerprint density at radius 3 is 2.40 bits per heavy atom. The number of nitrogens with one attached hydrogen (secondary N) is 1. The first-order valence-corrected chi connectivity index (χ1v) is 9.56. The Morgan fingerprint density at radius 1 is 1.20 bits per heavy atom. The lowest BCUT2D eigenvalue weighted by molar-refractivity contribution is -0.118. The fourth-order valence-corrected chi connectivity index (χ4v) is 4.89. The Kier molecular flexibility index (Phi) is 5.61. The first-order valence-electron chi connectivity index (χ1n) is 5.40. The van der Waals surface area contributed by atoms with Crippen molar-refractivity contribution in [2.75, 3.05) is 12.8 Å². The number of nitrogens with zero attached hydrogens (tertiary/aromatic N) is 2. The maximum atomic E-state index is 11.4. The third kappa shape index (κ3) is 2.97. The summed E-state index contributed by atoms with van der Waals surface area (Å²) in [7, 11) is 3.55. The molecule has 2 aromatic rings. The van der Waals surface area contributed by atoms with Crippen molar-refractivity contribution in [2.24, 2.45) is 7.05 Å². The van der Waals surface area contributed by atoms with Gasteiger partial charge in [-0.3, -0.25) is 4.79 Å². The minimum atomic E-state index is -0.0254. The SMILES string of the molecule is CNC(=O)CSc1nc2c(Br)c(Br)c(Br)c(Br)c2n1C. The molecule has 1 heterocycles. The summed E-state index contributed by atoms with van der Waals surface area (Å²) < 4.78 is 5.59. The van der Waals surface area contributed by atoms with Gasteiger partial charge >= 0.3 is 0 Å². The predicted octanol–water partition coefficient (Wildman–Crippen LogP) is 4.46. The van der Waals surface area contributed by atoms with Crippen molar-refractivity contribution < 1.29 is 4.79 Å². The summed E-state index contributed by atoms with van der Waals surface area (Å²) in [5, 5.41) is 3.39. The number of benzene rings is 1. The molecule has 108 valence electrons. The molecule has 0 unspecified atom stereocenters. The van der Waals surface area contributed by atoms with Gasteiger partial charge in [-0.1, -0.05) is 11.8 Å². The zero-order valence-electron chi connectivity index (χ0n) is 10.4. The number of carbonyl (C=O) groups excluding carboxylic acids is 1. The van der Waals surface area contributed by atoms with Crippen LogP contribution in [-0.4, -0.2) is 28.3 Å². The number of carbonyl (C=O) groups is 1. The van der Waals surface area contributed by atoms with Gasteiger partial charge in [0.05, 0.1) is 20.2 Å². The highest BCUT2D eigenvalue weighted by Gasteiger charge is 2.20. The van der Waals surface area contributed by atoms with Gasteiger partial charge in [-0.15, -0.1) is 0 Å². The summed E-state index contributed by atoms with van der Waals surface area (Å²) in [5.74, 6) is 0.313. The smallest absolute Gasteiger partial charge is 0.230 e. The van der Waals surface area contributed by atoms with Gasteiger partial charge in [0.2, 0.25) is 5.91 Å². The summed E-state index contributed by atoms with van der Waals surface area (Å²) >= 11 is 15.6. The summed E-state index contributed by atoms with van der Waals surface area (Å²) in [5.41, 5.74) is 1.81. The molecule has 0 saturated heterocycles. The third-order valence-electron chi connectivity index (χ3n) is 2.66. The molecule has 1 aromatic heterocycles. The van der Waals surface area contributed by atoms with E-state index in [4.69, 9.17) is 0 Å². The van der Waals surface area contributed by atoms with E-state index in [-0.39, 0.29) is 5.91 Å². The van der Waals surface area contributed by atoms with Crippen molar-refractivity contribution in [1.29, 1.82) is 0 Å². The highest BCUT2D eigenvalue weighted by atomic mass is 79.9. The molecule has 0 aliphatic rings. The van der Waals surface area contributed by atoms with Gasteiger partial charge < -0.3 is 9.88 Å². The second-order valence-corrected chi connectivity index (χ2v) is 7.98. The molecule has 0 saturated carbocycles. The Hall–Kier alpha value is 0.430. The number of rotatable bonds is 3. The van der Waals surface area contributed by atoms with Crippen LogP contribution < -0.4 is 5.32 Å². The Bertz CT molecular complexity index is 701. The van der Waals surface area contributed by atoms with E-state index in [1.807, 2.05) is 11.6 Å². The molecule has 0 fully saturated rings. The standard InChI is InChI=1S/C11H9Br4N3OS/c1-16-4(19)3-20-11-17-9-7(14)5(12)6(13)8(15)10(9)18(11)2/h3H2,1-2H3,(H,16,19). The molecule has 0 spiro atoms. The lowest BCUT2D eigenvalue weighted by atomic mass is 10.3. The molecule has 20 heavy (non-hydrogen) atoms. The van der Waals surface area contributed by atoms with E-state index in [0.717, 1.165) is 34.1 Å². The largest absolute Gasteiger partial charge is 0.358 e. The van der Waals surface area contributed by atoms with Crippen LogP contribution in [0.25, 0.3) is 11.0 Å². The number of hydrogen-bond donors (Lipinski definition) is 1. The summed E-state index contributed by atoms with van der Waals surface area (Å²) in [6.07, 6.45) is 0. The molecule has 2 rings (SSSR count). The molecule has 4 nitrogen and oxygen atoms in total. The molecule has 0 atom stereocenters. The van der Waals surface area contributed by atoms with Gasteiger partial charge in [0.15, 0.2) is 5.16 Å². The average molecular weight is 551 g/mol. The summed E-state index contributed by atoms with van der Waals surface area (Å²) in [6, 6.07) is 0. The minimum absolute atomic E-state index is 0.0254. The summed E-state index contributed by atoms with van der Waals surface area (Å²) in [4.78, 5) is 16.0. The number of thioether (sulfide) groups is 1. The maximum absolute atomic E-state index is 11.4. The Morgan fingerprint density at radius 2 is 1.80 bits per heavy atom. The lowest BCUT2D eigenvalue weighted by Crippen LogP contribution is -2.19. The van der Waals surface area contributed by atoms with E-state index < -0.39 is 0 Å². The van der Waals surface area contributed by atoms with Crippen LogP contribution in [-0.2, 0) is 11.8 Å². The van der Waals surface area contributed by atoms with Crippen LogP contribution in [0.2, 0.25) is 0 Å². The normalized spacial score (nSPS) is 11.1. The molecule has 0 radical (unpaired) electrons. The van der Waals surface area contributed by atoms with Crippen molar-refractivity contribution in [3.05, 3.63) is 17.9 Å². The van der Waals surface area contributed by atoms with Gasteiger partial charge in [-0.25, -0.2) is 4.98 Å². The van der Waals surface area contributed by atoms with Crippen molar-refractivity contribution in [3.63, 3.8) is 0 Å². The maximum Gasteiger partial charge on any atom is 0.230 e. The van der Waals surface area contributed by atoms with Crippen molar-refractivity contribution in [2.45, 2.75) is 5.16 Å². The van der Waals surface area contributed by atoms with Crippen LogP contribution in [0.4, 0.5) is 0 Å². The van der Waals surface area contributed by atoms with E-state index in [9.17, 15) is 4.79 Å². The fourth-order valence-electron chi connectivity index (χ4n) is 1.61. The number of amides is 1. The highest BCUT2D eigenvalue weighted by molar-refractivity contribution is 9.15. The van der Waals surface area contributed by atoms with Crippen LogP contribution in [0.15, 0.2) is 23.0 Å². The van der Waals surface area contributed by atoms with E-state index in [2.05, 4.69) is 74.0 Å². The molecule has 9 heteroatoms. The minimum Gasteiger partial charge on any atom is -0.358 e. The van der Waals surface area contributed by atoms with Crippen LogP contribution >= 0.6 is 75.5 Å². The van der Waals surface area contributed by atoms with Gasteiger partial charge in [-0.2, -0.15) is 0 Å². The van der Waals surface area contributed by atoms with Crippen LogP contribution in [0.1, 0.15) is 0 Å². The Labute approximate surface area is 154 Å². The average Bonchev–Trinajstić information content (AvgIpc) is 2.77. The molecule has 0 aliphatic carbocycles. The van der Waals surface area contributed by atoms with E-state index >= 15 is 0 Å². The van der Waals surface area contributed by atoms with Crippen molar-refractivity contribution in [3.8, 4) is 0 Å². The number of aryl methyl sites for hydroxylation is 1. The number of halogens is 4. The van der Waals surface area contributed by atoms with Gasteiger partial charge in [0, 0.05) is 23.0 Å². The molecule has 1 aromatic carbocycles. The molecular formula is C11H9Br4N3OS. The van der Waals surface area contributed by atoms with Crippen molar-refractivity contribution in [1.82, 2.24) is 14.9 Å². The van der Waals surface area contributed by atoms with Crippen LogP contribution in [0.5, 0.6) is 0 Å². The third-order valence-corrected chi connectivity index (χ3v) is 8.42. The quantitative estimate of drug-likeness (QED) is 0.349. The molecule has 0 aliphatic heterocycles. The topological polar surface area (TPSA) is 46.9 Å². The highest BCUT2D eigenvalue weighted by Crippen LogP contribution is 2.44. The van der Waals surface area contributed by atoms with Crippen LogP contribution in [0, 0.1) is 0 Å². The van der Waals surface area contributed by atoms with Gasteiger partial charge in [0.25, 0.3) is 0 Å². The second-order valence-electron chi connectivity index (χ2n) is 3.87. The number of hydrogen-bond acceptors (Lipinski definition) is 3. The van der Waals surface area contributed by atoms with Gasteiger partial charge in [-0.05, 0) is 63.7 Å². The van der Waals surface area contributed by atoms with E-state index in [1.165, 1.54) is 11.8 Å². The number of fused-ring (bicyclic) bond motifs is 1. The lowest BCUT2D eigenvalue weighted by Gasteiger charge is -2.06. The predicted molar refractivity (Wildman–Crippen MR) is 96.3 cm³/mol. The molecule has 0 bridgehead atoms. The zero-order chi connectivity index (χ0) is 15.0. The van der Waals surface area contributed by atoms with E-state index in [0.29, 0.717) is 5.75 Å². The molecule has 1 amide bonds. The van der Waals surface area contributed by atoms with E-state index in [1.54, 1.807) is 7.05 Å². The molecule has 1 N–H and O–H groups in total. The number of imidazole rings is 1. The number of aromatic nitrogens is 2. The first kappa shape index (κ1) is 16.8. The Balaban J connectivity index is 2.55. The van der Waals surface area contributed by atoms with Crippen LogP contribution in [0.3, 0.4) is 0 Å². The fraction of sp³-hybridized carbons (Fsp3) is 0.273. The first-order chi connectivity index (χ1) is 9.38. The molecular weight excluding hydrogens is 542 g/mol.